The lowest BCUT2D eigenvalue weighted by Crippen LogP contribution is -1.98. The minimum atomic E-state index is -0.190. The monoisotopic (exact) mass is 222 g/mol. The molecule has 0 unspecified atom stereocenters. The Bertz CT molecular complexity index is 256. The molecule has 0 bridgehead atoms. The third-order valence-electron chi connectivity index (χ3n) is 2.17. The Hall–Kier alpha value is -1.23. The van der Waals surface area contributed by atoms with Crippen molar-refractivity contribution < 1.29 is 9.53 Å². The molecule has 0 amide bonds. The van der Waals surface area contributed by atoms with Crippen molar-refractivity contribution in [3.05, 3.63) is 12.2 Å². The van der Waals surface area contributed by atoms with Gasteiger partial charge in [0, 0.05) is 12.8 Å². The summed E-state index contributed by atoms with van der Waals surface area (Å²) in [6.45, 7) is 2.20. The molecule has 0 spiro atoms. The number of carbonyl (C=O) groups excluding carboxylic acids is 1. The summed E-state index contributed by atoms with van der Waals surface area (Å²) in [7, 11) is 1.40. The Morgan fingerprint density at radius 1 is 1.25 bits per heavy atom. The van der Waals surface area contributed by atoms with Gasteiger partial charge in [0.2, 0.25) is 0 Å². The van der Waals surface area contributed by atoms with E-state index in [4.69, 9.17) is 0 Å². The first-order valence-electron chi connectivity index (χ1n) is 5.98. The van der Waals surface area contributed by atoms with E-state index in [1.165, 1.54) is 26.4 Å². The predicted octanol–water partition coefficient (Wildman–Crippen LogP) is 3.47. The molecule has 0 rings (SSSR count). The predicted molar refractivity (Wildman–Crippen MR) is 66.9 cm³/mol. The third kappa shape index (κ3) is 10.8. The quantitative estimate of drug-likeness (QED) is 0.285. The van der Waals surface area contributed by atoms with E-state index in [-0.39, 0.29) is 5.97 Å². The molecule has 0 aliphatic heterocycles. The average molecular weight is 222 g/mol. The number of rotatable bonds is 7. The van der Waals surface area contributed by atoms with Gasteiger partial charge in [-0.3, -0.25) is 4.79 Å². The summed E-state index contributed by atoms with van der Waals surface area (Å²) in [5.41, 5.74) is 0. The number of unbranched alkanes of at least 4 members (excludes halogenated alkanes) is 3. The number of hydrogen-bond acceptors (Lipinski definition) is 2. The summed E-state index contributed by atoms with van der Waals surface area (Å²) < 4.78 is 4.51. The van der Waals surface area contributed by atoms with Gasteiger partial charge in [-0.15, -0.1) is 5.92 Å². The normalized spacial score (nSPS) is 9.88. The highest BCUT2D eigenvalue weighted by molar-refractivity contribution is 5.69. The van der Waals surface area contributed by atoms with Crippen LogP contribution >= 0.6 is 0 Å². The highest BCUT2D eigenvalue weighted by atomic mass is 16.5. The van der Waals surface area contributed by atoms with Crippen LogP contribution in [-0.2, 0) is 9.53 Å². The molecular weight excluding hydrogens is 200 g/mol. The molecule has 0 aromatic rings. The van der Waals surface area contributed by atoms with Gasteiger partial charge in [-0.25, -0.2) is 0 Å². The van der Waals surface area contributed by atoms with E-state index in [1.54, 1.807) is 0 Å². The lowest BCUT2D eigenvalue weighted by Gasteiger charge is -1.92. The zero-order valence-electron chi connectivity index (χ0n) is 10.4. The van der Waals surface area contributed by atoms with Gasteiger partial charge in [0.15, 0.2) is 0 Å². The van der Waals surface area contributed by atoms with Crippen LogP contribution < -0.4 is 0 Å². The van der Waals surface area contributed by atoms with Gasteiger partial charge in [-0.2, -0.15) is 0 Å². The first kappa shape index (κ1) is 14.8. The van der Waals surface area contributed by atoms with Crippen molar-refractivity contribution in [1.82, 2.24) is 0 Å². The van der Waals surface area contributed by atoms with Crippen molar-refractivity contribution in [1.29, 1.82) is 0 Å². The van der Waals surface area contributed by atoms with Crippen LogP contribution in [0.3, 0.4) is 0 Å². The Morgan fingerprint density at radius 3 is 2.75 bits per heavy atom. The van der Waals surface area contributed by atoms with E-state index < -0.39 is 0 Å². The van der Waals surface area contributed by atoms with Gasteiger partial charge in [0.1, 0.15) is 0 Å². The van der Waals surface area contributed by atoms with Crippen molar-refractivity contribution in [3.8, 4) is 11.8 Å². The minimum absolute atomic E-state index is 0.190. The van der Waals surface area contributed by atoms with Gasteiger partial charge < -0.3 is 4.74 Å². The molecule has 90 valence electrons. The number of hydrogen-bond donors (Lipinski definition) is 0. The highest BCUT2D eigenvalue weighted by Crippen LogP contribution is 1.99. The molecule has 2 heteroatoms. The molecule has 0 heterocycles. The standard InChI is InChI=1S/C14H22O2/c1-3-4-5-6-7-8-9-10-11-12-13-14(15)16-2/h7-8H,3-6,9,12-13H2,1-2H3/b8-7-. The smallest absolute Gasteiger partial charge is 0.306 e. The van der Waals surface area contributed by atoms with Crippen LogP contribution in [0, 0.1) is 11.8 Å². The maximum Gasteiger partial charge on any atom is 0.306 e. The van der Waals surface area contributed by atoms with Crippen LogP contribution in [0.4, 0.5) is 0 Å². The number of allylic oxidation sites excluding steroid dienone is 2. The lowest BCUT2D eigenvalue weighted by molar-refractivity contribution is -0.140. The van der Waals surface area contributed by atoms with Crippen LogP contribution in [-0.4, -0.2) is 13.1 Å². The topological polar surface area (TPSA) is 26.3 Å². The molecule has 0 aromatic heterocycles. The Morgan fingerprint density at radius 2 is 2.06 bits per heavy atom. The van der Waals surface area contributed by atoms with E-state index in [2.05, 4.69) is 35.7 Å². The molecule has 0 saturated carbocycles. The SMILES string of the molecule is CCCCC/C=C\CC#CCCC(=O)OC. The maximum atomic E-state index is 10.7. The van der Waals surface area contributed by atoms with Crippen molar-refractivity contribution in [2.75, 3.05) is 7.11 Å². The Kier molecular flexibility index (Phi) is 10.9. The lowest BCUT2D eigenvalue weighted by atomic mass is 10.2. The van der Waals surface area contributed by atoms with E-state index in [0.717, 1.165) is 12.8 Å². The van der Waals surface area contributed by atoms with E-state index >= 15 is 0 Å². The van der Waals surface area contributed by atoms with Crippen molar-refractivity contribution in [3.63, 3.8) is 0 Å². The van der Waals surface area contributed by atoms with Crippen LogP contribution in [0.2, 0.25) is 0 Å². The first-order valence-corrected chi connectivity index (χ1v) is 5.98. The Balaban J connectivity index is 3.36. The number of carbonyl (C=O) groups is 1. The zero-order valence-corrected chi connectivity index (χ0v) is 10.4. The van der Waals surface area contributed by atoms with Crippen molar-refractivity contribution in [2.24, 2.45) is 0 Å². The molecule has 0 fully saturated rings. The number of ether oxygens (including phenoxy) is 1. The summed E-state index contributed by atoms with van der Waals surface area (Å²) in [5.74, 6) is 5.77. The molecule has 16 heavy (non-hydrogen) atoms. The van der Waals surface area contributed by atoms with Gasteiger partial charge in [-0.05, 0) is 12.8 Å². The molecule has 0 aliphatic carbocycles. The van der Waals surface area contributed by atoms with Gasteiger partial charge in [0.05, 0.1) is 13.5 Å². The van der Waals surface area contributed by atoms with E-state index in [9.17, 15) is 4.79 Å². The first-order chi connectivity index (χ1) is 7.81. The molecule has 2 nitrogen and oxygen atoms in total. The van der Waals surface area contributed by atoms with Gasteiger partial charge >= 0.3 is 5.97 Å². The summed E-state index contributed by atoms with van der Waals surface area (Å²) in [6, 6.07) is 0. The zero-order chi connectivity index (χ0) is 12.1. The molecule has 0 atom stereocenters. The molecule has 0 radical (unpaired) electrons. The van der Waals surface area contributed by atoms with Crippen LogP contribution in [0.5, 0.6) is 0 Å². The molecule has 0 N–H and O–H groups in total. The summed E-state index contributed by atoms with van der Waals surface area (Å²) >= 11 is 0. The fraction of sp³-hybridized carbons (Fsp3) is 0.643. The van der Waals surface area contributed by atoms with Crippen LogP contribution in [0.25, 0.3) is 0 Å². The molecule has 0 aliphatic rings. The van der Waals surface area contributed by atoms with E-state index in [1.807, 2.05) is 0 Å². The minimum Gasteiger partial charge on any atom is -0.469 e. The fourth-order valence-electron chi connectivity index (χ4n) is 1.20. The van der Waals surface area contributed by atoms with Crippen molar-refractivity contribution >= 4 is 5.97 Å². The largest absolute Gasteiger partial charge is 0.469 e. The van der Waals surface area contributed by atoms with Crippen molar-refractivity contribution in [2.45, 2.75) is 51.9 Å². The molecular formula is C14H22O2. The second-order valence-corrected chi connectivity index (χ2v) is 3.60. The van der Waals surface area contributed by atoms with Gasteiger partial charge in [0.25, 0.3) is 0 Å². The van der Waals surface area contributed by atoms with E-state index in [0.29, 0.717) is 12.8 Å². The third-order valence-corrected chi connectivity index (χ3v) is 2.17. The average Bonchev–Trinajstić information content (AvgIpc) is 2.31. The molecule has 0 saturated heterocycles. The Labute approximate surface area is 99.1 Å². The second kappa shape index (κ2) is 11.8. The summed E-state index contributed by atoms with van der Waals surface area (Å²) in [6.07, 6.45) is 11.0. The number of esters is 1. The highest BCUT2D eigenvalue weighted by Gasteiger charge is 1.94. The summed E-state index contributed by atoms with van der Waals surface area (Å²) in [5, 5.41) is 0. The number of methoxy groups -OCH3 is 1. The fourth-order valence-corrected chi connectivity index (χ4v) is 1.20. The van der Waals surface area contributed by atoms with Crippen LogP contribution in [0.15, 0.2) is 12.2 Å². The van der Waals surface area contributed by atoms with Gasteiger partial charge in [-0.1, -0.05) is 37.8 Å². The molecule has 0 aromatic carbocycles. The second-order valence-electron chi connectivity index (χ2n) is 3.60. The maximum absolute atomic E-state index is 10.7. The van der Waals surface area contributed by atoms with Crippen LogP contribution in [0.1, 0.15) is 51.9 Å². The summed E-state index contributed by atoms with van der Waals surface area (Å²) in [4.78, 5) is 10.7.